The van der Waals surface area contributed by atoms with E-state index in [-0.39, 0.29) is 11.8 Å². The Morgan fingerprint density at radius 1 is 1.00 bits per heavy atom. The molecular formula is C25H24ClN3O. The summed E-state index contributed by atoms with van der Waals surface area (Å²) in [7, 11) is 0. The number of carbonyl (C=O) groups excluding carboxylic acids is 1. The number of aromatic nitrogens is 2. The van der Waals surface area contributed by atoms with E-state index in [9.17, 15) is 4.79 Å². The van der Waals surface area contributed by atoms with Gasteiger partial charge in [-0.2, -0.15) is 5.10 Å². The van der Waals surface area contributed by atoms with E-state index in [4.69, 9.17) is 16.7 Å². The fourth-order valence-electron chi connectivity index (χ4n) is 3.63. The van der Waals surface area contributed by atoms with E-state index >= 15 is 0 Å². The summed E-state index contributed by atoms with van der Waals surface area (Å²) in [5.41, 5.74) is 3.91. The Bertz CT molecular complexity index is 1160. The highest BCUT2D eigenvalue weighted by Crippen LogP contribution is 2.31. The Kier molecular flexibility index (Phi) is 5.86. The van der Waals surface area contributed by atoms with E-state index in [0.29, 0.717) is 11.6 Å². The molecule has 152 valence electrons. The van der Waals surface area contributed by atoms with Gasteiger partial charge in [0.05, 0.1) is 5.52 Å². The molecule has 0 aliphatic rings. The number of nitrogens with one attached hydrogen (secondary N) is 1. The fourth-order valence-corrected chi connectivity index (χ4v) is 3.80. The lowest BCUT2D eigenvalue weighted by atomic mass is 10.0. The van der Waals surface area contributed by atoms with Crippen molar-refractivity contribution in [2.75, 3.05) is 6.54 Å². The Balaban J connectivity index is 1.60. The standard InChI is InChI=1S/C25H24ClN3O/c1-17(19-9-5-3-6-10-19)16-27-25(30)18(2)29-23-14-13-21(26)15-22(23)24(28-29)20-11-7-4-8-12-20/h3-15,17-18H,16H2,1-2H3,(H,27,30)/t17-,18+/m0/s1. The molecule has 4 aromatic rings. The normalized spacial score (nSPS) is 13.2. The van der Waals surface area contributed by atoms with Crippen LogP contribution in [0, 0.1) is 0 Å². The average molecular weight is 418 g/mol. The molecule has 4 rings (SSSR count). The van der Waals surface area contributed by atoms with Crippen LogP contribution in [-0.2, 0) is 4.79 Å². The number of amides is 1. The summed E-state index contributed by atoms with van der Waals surface area (Å²) < 4.78 is 1.79. The summed E-state index contributed by atoms with van der Waals surface area (Å²) >= 11 is 6.26. The van der Waals surface area contributed by atoms with Crippen molar-refractivity contribution >= 4 is 28.4 Å². The average Bonchev–Trinajstić information content (AvgIpc) is 3.16. The van der Waals surface area contributed by atoms with Crippen molar-refractivity contribution in [2.24, 2.45) is 0 Å². The van der Waals surface area contributed by atoms with Gasteiger partial charge < -0.3 is 5.32 Å². The van der Waals surface area contributed by atoms with E-state index in [1.54, 1.807) is 4.68 Å². The predicted octanol–water partition coefficient (Wildman–Crippen LogP) is 5.84. The summed E-state index contributed by atoms with van der Waals surface area (Å²) in [6.45, 7) is 4.56. The minimum atomic E-state index is -0.450. The minimum Gasteiger partial charge on any atom is -0.354 e. The zero-order valence-electron chi connectivity index (χ0n) is 17.0. The van der Waals surface area contributed by atoms with E-state index < -0.39 is 6.04 Å². The Labute approximate surface area is 181 Å². The molecule has 30 heavy (non-hydrogen) atoms. The molecule has 3 aromatic carbocycles. The van der Waals surface area contributed by atoms with Crippen molar-refractivity contribution in [2.45, 2.75) is 25.8 Å². The van der Waals surface area contributed by atoms with Crippen molar-refractivity contribution < 1.29 is 4.79 Å². The van der Waals surface area contributed by atoms with Gasteiger partial charge in [-0.15, -0.1) is 0 Å². The second-order valence-electron chi connectivity index (χ2n) is 7.55. The van der Waals surface area contributed by atoms with Gasteiger partial charge in [-0.05, 0) is 36.6 Å². The first-order chi connectivity index (χ1) is 14.5. The highest BCUT2D eigenvalue weighted by molar-refractivity contribution is 6.31. The van der Waals surface area contributed by atoms with Gasteiger partial charge in [0.2, 0.25) is 5.91 Å². The quantitative estimate of drug-likeness (QED) is 0.428. The first kappa shape index (κ1) is 20.2. The van der Waals surface area contributed by atoms with Gasteiger partial charge in [-0.1, -0.05) is 79.2 Å². The third kappa shape index (κ3) is 4.10. The highest BCUT2D eigenvalue weighted by Gasteiger charge is 2.22. The van der Waals surface area contributed by atoms with Crippen molar-refractivity contribution in [1.29, 1.82) is 0 Å². The number of halogens is 1. The summed E-state index contributed by atoms with van der Waals surface area (Å²) in [6.07, 6.45) is 0. The van der Waals surface area contributed by atoms with Crippen LogP contribution in [0.4, 0.5) is 0 Å². The van der Waals surface area contributed by atoms with Gasteiger partial charge in [-0.25, -0.2) is 0 Å². The van der Waals surface area contributed by atoms with Crippen molar-refractivity contribution in [3.8, 4) is 11.3 Å². The van der Waals surface area contributed by atoms with Crippen LogP contribution in [0.1, 0.15) is 31.4 Å². The molecule has 1 N–H and O–H groups in total. The first-order valence-electron chi connectivity index (χ1n) is 10.1. The van der Waals surface area contributed by atoms with Crippen LogP contribution in [0.15, 0.2) is 78.9 Å². The number of benzene rings is 3. The lowest BCUT2D eigenvalue weighted by molar-refractivity contribution is -0.124. The molecule has 0 aliphatic carbocycles. The molecule has 0 aliphatic heterocycles. The van der Waals surface area contributed by atoms with E-state index in [0.717, 1.165) is 22.2 Å². The van der Waals surface area contributed by atoms with Crippen molar-refractivity contribution in [3.05, 3.63) is 89.4 Å². The number of nitrogens with zero attached hydrogens (tertiary/aromatic N) is 2. The van der Waals surface area contributed by atoms with E-state index in [2.05, 4.69) is 24.4 Å². The highest BCUT2D eigenvalue weighted by atomic mass is 35.5. The number of hydrogen-bond donors (Lipinski definition) is 1. The van der Waals surface area contributed by atoms with Crippen LogP contribution in [0.3, 0.4) is 0 Å². The second kappa shape index (κ2) is 8.72. The van der Waals surface area contributed by atoms with Gasteiger partial charge in [0.15, 0.2) is 0 Å². The Morgan fingerprint density at radius 3 is 2.37 bits per heavy atom. The molecule has 0 unspecified atom stereocenters. The van der Waals surface area contributed by atoms with Crippen LogP contribution in [0.25, 0.3) is 22.2 Å². The summed E-state index contributed by atoms with van der Waals surface area (Å²) in [5.74, 6) is 0.173. The van der Waals surface area contributed by atoms with Crippen LogP contribution >= 0.6 is 11.6 Å². The fraction of sp³-hybridized carbons (Fsp3) is 0.200. The van der Waals surface area contributed by atoms with Gasteiger partial charge >= 0.3 is 0 Å². The number of fused-ring (bicyclic) bond motifs is 1. The number of carbonyl (C=O) groups is 1. The maximum absolute atomic E-state index is 12.9. The molecule has 2 atom stereocenters. The SMILES string of the molecule is C[C@H](C(=O)NC[C@H](C)c1ccccc1)n1nc(-c2ccccc2)c2cc(Cl)ccc21. The van der Waals surface area contributed by atoms with Gasteiger partial charge in [-0.3, -0.25) is 9.48 Å². The molecule has 0 bridgehead atoms. The minimum absolute atomic E-state index is 0.0586. The lowest BCUT2D eigenvalue weighted by Gasteiger charge is -2.17. The summed E-state index contributed by atoms with van der Waals surface area (Å²) in [5, 5.41) is 9.47. The Hall–Kier alpha value is -3.11. The number of hydrogen-bond acceptors (Lipinski definition) is 2. The van der Waals surface area contributed by atoms with Gasteiger partial charge in [0.1, 0.15) is 11.7 Å². The van der Waals surface area contributed by atoms with E-state index in [1.165, 1.54) is 5.56 Å². The van der Waals surface area contributed by atoms with Gasteiger partial charge in [0.25, 0.3) is 0 Å². The molecule has 0 saturated carbocycles. The van der Waals surface area contributed by atoms with Crippen LogP contribution < -0.4 is 5.32 Å². The third-order valence-corrected chi connectivity index (χ3v) is 5.65. The third-order valence-electron chi connectivity index (χ3n) is 5.41. The predicted molar refractivity (Wildman–Crippen MR) is 123 cm³/mol. The molecule has 5 heteroatoms. The van der Waals surface area contributed by atoms with Crippen LogP contribution in [0.2, 0.25) is 5.02 Å². The van der Waals surface area contributed by atoms with Crippen molar-refractivity contribution in [3.63, 3.8) is 0 Å². The first-order valence-corrected chi connectivity index (χ1v) is 10.5. The molecule has 1 aromatic heterocycles. The smallest absolute Gasteiger partial charge is 0.244 e. The number of rotatable bonds is 6. The zero-order valence-corrected chi connectivity index (χ0v) is 17.8. The van der Waals surface area contributed by atoms with Crippen LogP contribution in [-0.4, -0.2) is 22.2 Å². The molecule has 1 amide bonds. The zero-order chi connectivity index (χ0) is 21.1. The molecule has 0 fully saturated rings. The van der Waals surface area contributed by atoms with Crippen LogP contribution in [0.5, 0.6) is 0 Å². The molecule has 4 nitrogen and oxygen atoms in total. The van der Waals surface area contributed by atoms with E-state index in [1.807, 2.05) is 73.7 Å². The lowest BCUT2D eigenvalue weighted by Crippen LogP contribution is -2.33. The molecular weight excluding hydrogens is 394 g/mol. The molecule has 0 saturated heterocycles. The van der Waals surface area contributed by atoms with Gasteiger partial charge in [0, 0.05) is 22.5 Å². The Morgan fingerprint density at radius 2 is 1.67 bits per heavy atom. The molecule has 0 radical (unpaired) electrons. The maximum Gasteiger partial charge on any atom is 0.244 e. The maximum atomic E-state index is 12.9. The monoisotopic (exact) mass is 417 g/mol. The topological polar surface area (TPSA) is 46.9 Å². The summed E-state index contributed by atoms with van der Waals surface area (Å²) in [4.78, 5) is 12.9. The molecule has 0 spiro atoms. The second-order valence-corrected chi connectivity index (χ2v) is 7.99. The largest absolute Gasteiger partial charge is 0.354 e. The van der Waals surface area contributed by atoms with Crippen molar-refractivity contribution in [1.82, 2.24) is 15.1 Å². The summed E-state index contributed by atoms with van der Waals surface area (Å²) in [6, 6.07) is 25.4. The molecule has 1 heterocycles.